The van der Waals surface area contributed by atoms with Crippen LogP contribution in [0.15, 0.2) is 48.5 Å². The maximum Gasteiger partial charge on any atom is 0.125 e. The highest BCUT2D eigenvalue weighted by Crippen LogP contribution is 2.32. The molecule has 3 nitrogen and oxygen atoms in total. The topological polar surface area (TPSA) is 24.5 Å². The summed E-state index contributed by atoms with van der Waals surface area (Å²) >= 11 is 0. The lowest BCUT2D eigenvalue weighted by atomic mass is 10.1. The summed E-state index contributed by atoms with van der Waals surface area (Å²) in [6.07, 6.45) is 3.83. The Hall–Kier alpha value is -2.00. The second-order valence-corrected chi connectivity index (χ2v) is 6.55. The van der Waals surface area contributed by atoms with Gasteiger partial charge in [-0.05, 0) is 43.5 Å². The minimum absolute atomic E-state index is 0.360. The van der Waals surface area contributed by atoms with E-state index in [9.17, 15) is 0 Å². The van der Waals surface area contributed by atoms with Crippen LogP contribution in [-0.2, 0) is 12.8 Å². The van der Waals surface area contributed by atoms with Crippen LogP contribution in [0.1, 0.15) is 17.5 Å². The van der Waals surface area contributed by atoms with Crippen molar-refractivity contribution in [3.05, 3.63) is 59.7 Å². The van der Waals surface area contributed by atoms with Crippen molar-refractivity contribution in [1.29, 1.82) is 0 Å². The van der Waals surface area contributed by atoms with Crippen molar-refractivity contribution < 1.29 is 4.74 Å². The first-order valence-electron chi connectivity index (χ1n) is 8.67. The third-order valence-corrected chi connectivity index (χ3v) is 4.82. The Balaban J connectivity index is 1.21. The van der Waals surface area contributed by atoms with Gasteiger partial charge in [0.15, 0.2) is 0 Å². The minimum atomic E-state index is 0.360. The first kappa shape index (κ1) is 14.6. The zero-order valence-corrected chi connectivity index (χ0v) is 13.5. The third kappa shape index (κ3) is 3.35. The lowest BCUT2D eigenvalue weighted by molar-refractivity contribution is 0.0191. The fraction of sp³-hybridized carbons (Fsp3) is 0.400. The van der Waals surface area contributed by atoms with E-state index >= 15 is 0 Å². The van der Waals surface area contributed by atoms with Crippen LogP contribution in [0.25, 0.3) is 0 Å². The number of benzene rings is 2. The Morgan fingerprint density at radius 3 is 2.78 bits per heavy atom. The van der Waals surface area contributed by atoms with E-state index in [1.54, 1.807) is 0 Å². The Bertz CT molecular complexity index is 650. The molecule has 0 aliphatic carbocycles. The zero-order chi connectivity index (χ0) is 15.5. The molecule has 0 bridgehead atoms. The summed E-state index contributed by atoms with van der Waals surface area (Å²) in [6, 6.07) is 17.1. The molecule has 23 heavy (non-hydrogen) atoms. The van der Waals surface area contributed by atoms with Crippen LogP contribution in [0.4, 0.5) is 5.69 Å². The molecule has 2 aliphatic rings. The molecule has 1 saturated heterocycles. The molecular weight excluding hydrogens is 284 g/mol. The molecule has 0 aromatic heterocycles. The Morgan fingerprint density at radius 2 is 1.91 bits per heavy atom. The fourth-order valence-corrected chi connectivity index (χ4v) is 3.53. The largest absolute Gasteiger partial charge is 0.487 e. The lowest BCUT2D eigenvalue weighted by Crippen LogP contribution is -2.53. The fourth-order valence-electron chi connectivity index (χ4n) is 3.53. The summed E-state index contributed by atoms with van der Waals surface area (Å²) in [5, 5.41) is 3.41. The van der Waals surface area contributed by atoms with Crippen molar-refractivity contribution in [3.8, 4) is 5.75 Å². The monoisotopic (exact) mass is 308 g/mol. The van der Waals surface area contributed by atoms with Crippen LogP contribution in [0.5, 0.6) is 5.75 Å². The molecule has 2 heterocycles. The van der Waals surface area contributed by atoms with Crippen LogP contribution >= 0.6 is 0 Å². The van der Waals surface area contributed by atoms with Gasteiger partial charge in [0.1, 0.15) is 11.9 Å². The molecule has 2 aromatic rings. The number of aryl methyl sites for hydroxylation is 1. The van der Waals surface area contributed by atoms with E-state index in [1.807, 2.05) is 0 Å². The molecule has 2 aromatic carbocycles. The molecule has 0 radical (unpaired) electrons. The summed E-state index contributed by atoms with van der Waals surface area (Å²) in [6.45, 7) is 4.33. The maximum atomic E-state index is 6.21. The summed E-state index contributed by atoms with van der Waals surface area (Å²) < 4.78 is 6.21. The number of hydrogen-bond donors (Lipinski definition) is 1. The predicted molar refractivity (Wildman–Crippen MR) is 94.3 cm³/mol. The molecule has 0 unspecified atom stereocenters. The second-order valence-electron chi connectivity index (χ2n) is 6.55. The summed E-state index contributed by atoms with van der Waals surface area (Å²) in [5.41, 5.74) is 4.05. The van der Waals surface area contributed by atoms with Crippen molar-refractivity contribution >= 4 is 5.69 Å². The molecule has 2 aliphatic heterocycles. The van der Waals surface area contributed by atoms with E-state index in [1.165, 1.54) is 36.2 Å². The van der Waals surface area contributed by atoms with E-state index in [-0.39, 0.29) is 0 Å². The van der Waals surface area contributed by atoms with Gasteiger partial charge in [-0.3, -0.25) is 4.90 Å². The predicted octanol–water partition coefficient (Wildman–Crippen LogP) is 3.35. The number of hydrogen-bond acceptors (Lipinski definition) is 3. The first-order chi connectivity index (χ1) is 11.4. The van der Waals surface area contributed by atoms with Gasteiger partial charge in [0.05, 0.1) is 0 Å². The number of anilines is 1. The van der Waals surface area contributed by atoms with E-state index in [4.69, 9.17) is 4.74 Å². The van der Waals surface area contributed by atoms with Gasteiger partial charge in [-0.2, -0.15) is 0 Å². The SMILES string of the molecule is c1ccc(CCCN2CC(Oc3cccc4c3CCN4)C2)cc1. The van der Waals surface area contributed by atoms with E-state index in [0.29, 0.717) is 6.10 Å². The third-order valence-electron chi connectivity index (χ3n) is 4.82. The molecule has 120 valence electrons. The number of rotatable bonds is 6. The van der Waals surface area contributed by atoms with Gasteiger partial charge < -0.3 is 10.1 Å². The van der Waals surface area contributed by atoms with Crippen molar-refractivity contribution in [2.75, 3.05) is 31.5 Å². The molecule has 0 saturated carbocycles. The Morgan fingerprint density at radius 1 is 1.04 bits per heavy atom. The van der Waals surface area contributed by atoms with Crippen molar-refractivity contribution in [1.82, 2.24) is 4.90 Å². The molecule has 0 amide bonds. The van der Waals surface area contributed by atoms with Gasteiger partial charge in [0, 0.05) is 30.9 Å². The van der Waals surface area contributed by atoms with E-state index < -0.39 is 0 Å². The smallest absolute Gasteiger partial charge is 0.125 e. The van der Waals surface area contributed by atoms with E-state index in [2.05, 4.69) is 58.7 Å². The molecule has 1 fully saturated rings. The first-order valence-corrected chi connectivity index (χ1v) is 8.67. The number of fused-ring (bicyclic) bond motifs is 1. The molecule has 0 atom stereocenters. The standard InChI is InChI=1S/C20H24N2O/c1-2-6-16(7-3-1)8-5-13-22-14-17(15-22)23-20-10-4-9-19-18(20)11-12-21-19/h1-4,6-7,9-10,17,21H,5,8,11-15H2. The normalized spacial score (nSPS) is 17.4. The van der Waals surface area contributed by atoms with E-state index in [0.717, 1.165) is 31.8 Å². The lowest BCUT2D eigenvalue weighted by Gasteiger charge is -2.39. The Kier molecular flexibility index (Phi) is 4.20. The van der Waals surface area contributed by atoms with Crippen LogP contribution < -0.4 is 10.1 Å². The molecule has 1 N–H and O–H groups in total. The molecule has 0 spiro atoms. The highest BCUT2D eigenvalue weighted by atomic mass is 16.5. The number of nitrogens with one attached hydrogen (secondary N) is 1. The van der Waals surface area contributed by atoms with Gasteiger partial charge in [0.2, 0.25) is 0 Å². The Labute approximate surface area is 138 Å². The van der Waals surface area contributed by atoms with Crippen LogP contribution in [-0.4, -0.2) is 37.2 Å². The summed E-state index contributed by atoms with van der Waals surface area (Å²) in [5.74, 6) is 1.08. The number of nitrogens with zero attached hydrogens (tertiary/aromatic N) is 1. The highest BCUT2D eigenvalue weighted by molar-refractivity contribution is 5.61. The zero-order valence-electron chi connectivity index (χ0n) is 13.5. The quantitative estimate of drug-likeness (QED) is 0.885. The summed E-state index contributed by atoms with van der Waals surface area (Å²) in [4.78, 5) is 2.50. The summed E-state index contributed by atoms with van der Waals surface area (Å²) in [7, 11) is 0. The minimum Gasteiger partial charge on any atom is -0.487 e. The average Bonchev–Trinajstić information content (AvgIpc) is 3.03. The van der Waals surface area contributed by atoms with Crippen LogP contribution in [0.3, 0.4) is 0 Å². The maximum absolute atomic E-state index is 6.21. The van der Waals surface area contributed by atoms with Gasteiger partial charge in [-0.15, -0.1) is 0 Å². The average molecular weight is 308 g/mol. The van der Waals surface area contributed by atoms with Gasteiger partial charge in [0.25, 0.3) is 0 Å². The van der Waals surface area contributed by atoms with Gasteiger partial charge in [-0.25, -0.2) is 0 Å². The van der Waals surface area contributed by atoms with Crippen molar-refractivity contribution in [2.24, 2.45) is 0 Å². The van der Waals surface area contributed by atoms with Crippen LogP contribution in [0, 0.1) is 0 Å². The van der Waals surface area contributed by atoms with Crippen molar-refractivity contribution in [3.63, 3.8) is 0 Å². The molecule has 4 rings (SSSR count). The van der Waals surface area contributed by atoms with Crippen molar-refractivity contribution in [2.45, 2.75) is 25.4 Å². The van der Waals surface area contributed by atoms with Crippen LogP contribution in [0.2, 0.25) is 0 Å². The second kappa shape index (κ2) is 6.63. The van der Waals surface area contributed by atoms with Gasteiger partial charge >= 0.3 is 0 Å². The molecule has 3 heteroatoms. The number of likely N-dealkylation sites (tertiary alicyclic amines) is 1. The van der Waals surface area contributed by atoms with Gasteiger partial charge in [-0.1, -0.05) is 36.4 Å². The highest BCUT2D eigenvalue weighted by Gasteiger charge is 2.29. The molecular formula is C20H24N2O. The number of ether oxygens (including phenoxy) is 1.